The van der Waals surface area contributed by atoms with Gasteiger partial charge < -0.3 is 9.80 Å². The molecule has 196 valence electrons. The molecule has 0 atom stereocenters. The summed E-state index contributed by atoms with van der Waals surface area (Å²) in [5, 5.41) is 6.76. The van der Waals surface area contributed by atoms with Crippen LogP contribution in [-0.2, 0) is 29.7 Å². The van der Waals surface area contributed by atoms with Gasteiger partial charge in [-0.2, -0.15) is 0 Å². The van der Waals surface area contributed by atoms with E-state index < -0.39 is 10.0 Å². The smallest absolute Gasteiger partial charge is 0.238 e. The van der Waals surface area contributed by atoms with Crippen LogP contribution in [0.3, 0.4) is 0 Å². The zero-order valence-electron chi connectivity index (χ0n) is 20.0. The molecule has 0 unspecified atom stereocenters. The van der Waals surface area contributed by atoms with Gasteiger partial charge in [-0.1, -0.05) is 41.4 Å². The van der Waals surface area contributed by atoms with Crippen LogP contribution < -0.4 is 10.0 Å². The second-order valence-corrected chi connectivity index (χ2v) is 11.3. The number of nitrogens with two attached hydrogens (primary N) is 1. The van der Waals surface area contributed by atoms with Gasteiger partial charge in [0.2, 0.25) is 10.0 Å². The normalized spacial score (nSPS) is 11.3. The molecular formula is C27H23Cl2FN4O2S2. The monoisotopic (exact) mass is 588 g/mol. The molecule has 11 heteroatoms. The lowest BCUT2D eigenvalue weighted by atomic mass is 10.1. The number of hydrogen-bond donors (Lipinski definition) is 1. The number of thiocarbonyl (C=S) groups is 1. The number of nitrogens with zero attached hydrogens (tertiary/aromatic N) is 3. The molecule has 4 rings (SSSR count). The van der Waals surface area contributed by atoms with Gasteiger partial charge in [0.15, 0.2) is 5.11 Å². The summed E-state index contributed by atoms with van der Waals surface area (Å²) in [5.41, 5.74) is 3.23. The average Bonchev–Trinajstić information content (AvgIpc) is 2.89. The van der Waals surface area contributed by atoms with E-state index >= 15 is 0 Å². The molecule has 0 saturated carbocycles. The molecule has 3 aromatic carbocycles. The van der Waals surface area contributed by atoms with E-state index in [1.54, 1.807) is 48.8 Å². The molecule has 0 spiro atoms. The highest BCUT2D eigenvalue weighted by Gasteiger charge is 2.22. The number of hydrogen-bond acceptors (Lipinski definition) is 4. The topological polar surface area (TPSA) is 79.5 Å². The molecule has 1 aromatic heterocycles. The fourth-order valence-electron chi connectivity index (χ4n) is 3.78. The minimum Gasteiger partial charge on any atom is -0.340 e. The highest BCUT2D eigenvalue weighted by molar-refractivity contribution is 7.89. The summed E-state index contributed by atoms with van der Waals surface area (Å²) in [6.45, 7) is 1.11. The van der Waals surface area contributed by atoms with E-state index in [9.17, 15) is 12.8 Å². The van der Waals surface area contributed by atoms with Crippen molar-refractivity contribution in [3.63, 3.8) is 0 Å². The van der Waals surface area contributed by atoms with Crippen LogP contribution in [0.1, 0.15) is 16.7 Å². The van der Waals surface area contributed by atoms with Gasteiger partial charge in [0.05, 0.1) is 11.4 Å². The van der Waals surface area contributed by atoms with E-state index in [4.69, 9.17) is 40.6 Å². The van der Waals surface area contributed by atoms with Crippen molar-refractivity contribution in [2.75, 3.05) is 4.90 Å². The van der Waals surface area contributed by atoms with Crippen molar-refractivity contribution < 1.29 is 12.8 Å². The van der Waals surface area contributed by atoms with Crippen molar-refractivity contribution >= 4 is 56.2 Å². The number of halogens is 3. The molecule has 6 nitrogen and oxygen atoms in total. The van der Waals surface area contributed by atoms with Crippen molar-refractivity contribution in [2.24, 2.45) is 5.14 Å². The summed E-state index contributed by atoms with van der Waals surface area (Å²) in [5.74, 6) is -0.350. The van der Waals surface area contributed by atoms with Gasteiger partial charge in [-0.3, -0.25) is 4.98 Å². The van der Waals surface area contributed by atoms with Gasteiger partial charge in [-0.25, -0.2) is 17.9 Å². The van der Waals surface area contributed by atoms with Crippen LogP contribution in [0.5, 0.6) is 0 Å². The third-order valence-corrected chi connectivity index (χ3v) is 7.73. The number of benzene rings is 3. The minimum atomic E-state index is -3.87. The van der Waals surface area contributed by atoms with Gasteiger partial charge in [0.25, 0.3) is 0 Å². The summed E-state index contributed by atoms with van der Waals surface area (Å²) >= 11 is 18.6. The predicted molar refractivity (Wildman–Crippen MR) is 153 cm³/mol. The summed E-state index contributed by atoms with van der Waals surface area (Å²) in [4.78, 5) is 7.89. The maximum atomic E-state index is 13.6. The standard InChI is InChI=1S/C27H23Cl2FN4O2S2/c28-22-4-3-21(26(29)15-22)18-33(16-20-11-13-32-14-12-20)27(37)34(17-19-1-5-23(30)6-2-19)24-7-9-25(10-8-24)38(31,35)36/h1-15H,16-18H2,(H2,31,35,36). The number of anilines is 1. The fraction of sp³-hybridized carbons (Fsp3) is 0.111. The van der Waals surface area contributed by atoms with Crippen molar-refractivity contribution in [1.82, 2.24) is 9.88 Å². The van der Waals surface area contributed by atoms with Gasteiger partial charge >= 0.3 is 0 Å². The Morgan fingerprint density at radius 1 is 0.868 bits per heavy atom. The predicted octanol–water partition coefficient (Wildman–Crippen LogP) is 6.17. The van der Waals surface area contributed by atoms with Gasteiger partial charge in [0.1, 0.15) is 5.82 Å². The SMILES string of the molecule is NS(=O)(=O)c1ccc(N(Cc2ccc(F)cc2)C(=S)N(Cc2ccncc2)Cc2ccc(Cl)cc2Cl)cc1. The largest absolute Gasteiger partial charge is 0.340 e. The van der Waals surface area contributed by atoms with E-state index in [-0.39, 0.29) is 10.7 Å². The third kappa shape index (κ3) is 7.27. The first kappa shape index (κ1) is 27.9. The Balaban J connectivity index is 1.74. The zero-order chi connectivity index (χ0) is 27.3. The number of primary sulfonamides is 1. The molecule has 0 aliphatic rings. The van der Waals surface area contributed by atoms with E-state index in [1.165, 1.54) is 24.3 Å². The Morgan fingerprint density at radius 3 is 2.11 bits per heavy atom. The molecule has 0 aliphatic carbocycles. The molecule has 0 aliphatic heterocycles. The van der Waals surface area contributed by atoms with E-state index in [2.05, 4.69) is 4.98 Å². The lowest BCUT2D eigenvalue weighted by molar-refractivity contribution is 0.405. The highest BCUT2D eigenvalue weighted by Crippen LogP contribution is 2.26. The van der Waals surface area contributed by atoms with Crippen LogP contribution >= 0.6 is 35.4 Å². The number of rotatable bonds is 8. The number of aromatic nitrogens is 1. The molecule has 1 heterocycles. The van der Waals surface area contributed by atoms with E-state index in [0.29, 0.717) is 40.5 Å². The van der Waals surface area contributed by atoms with Crippen LogP contribution in [0.15, 0.2) is 96.2 Å². The first-order valence-corrected chi connectivity index (χ1v) is 14.1. The number of pyridine rings is 1. The Bertz CT molecular complexity index is 1520. The molecule has 0 bridgehead atoms. The molecule has 0 amide bonds. The van der Waals surface area contributed by atoms with Crippen molar-refractivity contribution in [3.05, 3.63) is 124 Å². The second-order valence-electron chi connectivity index (χ2n) is 8.48. The van der Waals surface area contributed by atoms with Crippen LogP contribution in [0.2, 0.25) is 10.0 Å². The third-order valence-electron chi connectivity index (χ3n) is 5.73. The molecule has 2 N–H and O–H groups in total. The molecule has 38 heavy (non-hydrogen) atoms. The lowest BCUT2D eigenvalue weighted by Crippen LogP contribution is -2.42. The average molecular weight is 590 g/mol. The van der Waals surface area contributed by atoms with Crippen LogP contribution in [0, 0.1) is 5.82 Å². The number of sulfonamides is 1. The summed E-state index contributed by atoms with van der Waals surface area (Å²) < 4.78 is 37.2. The zero-order valence-corrected chi connectivity index (χ0v) is 23.1. The summed E-state index contributed by atoms with van der Waals surface area (Å²) in [6, 6.07) is 21.3. The van der Waals surface area contributed by atoms with Gasteiger partial charge in [0, 0.05) is 41.2 Å². The Kier molecular flexibility index (Phi) is 8.96. The maximum Gasteiger partial charge on any atom is 0.238 e. The Labute approximate surface area is 236 Å². The minimum absolute atomic E-state index is 0.0181. The van der Waals surface area contributed by atoms with Crippen molar-refractivity contribution in [2.45, 2.75) is 24.5 Å². The molecule has 0 fully saturated rings. The van der Waals surface area contributed by atoms with E-state index in [0.717, 1.165) is 16.7 Å². The molecular weight excluding hydrogens is 566 g/mol. The van der Waals surface area contributed by atoms with Crippen LogP contribution in [0.4, 0.5) is 10.1 Å². The van der Waals surface area contributed by atoms with Crippen molar-refractivity contribution in [1.29, 1.82) is 0 Å². The van der Waals surface area contributed by atoms with Crippen LogP contribution in [0.25, 0.3) is 0 Å². The Morgan fingerprint density at radius 2 is 1.50 bits per heavy atom. The molecule has 0 radical (unpaired) electrons. The molecule has 0 saturated heterocycles. The van der Waals surface area contributed by atoms with E-state index in [1.807, 2.05) is 28.0 Å². The quantitative estimate of drug-likeness (QED) is 0.248. The molecule has 4 aromatic rings. The lowest BCUT2D eigenvalue weighted by Gasteiger charge is -2.34. The second kappa shape index (κ2) is 12.2. The van der Waals surface area contributed by atoms with Crippen molar-refractivity contribution in [3.8, 4) is 0 Å². The maximum absolute atomic E-state index is 13.6. The highest BCUT2D eigenvalue weighted by atomic mass is 35.5. The van der Waals surface area contributed by atoms with Crippen LogP contribution in [-0.4, -0.2) is 23.4 Å². The fourth-order valence-corrected chi connectivity index (χ4v) is 5.07. The first-order chi connectivity index (χ1) is 18.1. The first-order valence-electron chi connectivity index (χ1n) is 11.4. The van der Waals surface area contributed by atoms with Gasteiger partial charge in [-0.15, -0.1) is 0 Å². The summed E-state index contributed by atoms with van der Waals surface area (Å²) in [7, 11) is -3.87. The summed E-state index contributed by atoms with van der Waals surface area (Å²) in [6.07, 6.45) is 3.40. The van der Waals surface area contributed by atoms with Gasteiger partial charge in [-0.05, 0) is 89.6 Å². The Hall–Kier alpha value is -3.08.